The number of H-pyrrole nitrogens is 1. The zero-order valence-electron chi connectivity index (χ0n) is 15.2. The van der Waals surface area contributed by atoms with E-state index in [1.165, 1.54) is 11.6 Å². The summed E-state index contributed by atoms with van der Waals surface area (Å²) in [7, 11) is 0. The van der Waals surface area contributed by atoms with Gasteiger partial charge in [0.15, 0.2) is 6.29 Å². The first kappa shape index (κ1) is 17.7. The van der Waals surface area contributed by atoms with Crippen LogP contribution in [0.1, 0.15) is 42.3 Å². The number of anilines is 1. The summed E-state index contributed by atoms with van der Waals surface area (Å²) in [5.41, 5.74) is 3.55. The van der Waals surface area contributed by atoms with Crippen molar-refractivity contribution in [1.82, 2.24) is 4.98 Å². The molecule has 0 fully saturated rings. The number of aldehydes is 1. The second-order valence-electron chi connectivity index (χ2n) is 7.27. The Morgan fingerprint density at radius 2 is 1.73 bits per heavy atom. The van der Waals surface area contributed by atoms with Crippen LogP contribution in [-0.2, 0) is 10.2 Å². The molecule has 2 N–H and O–H groups in total. The minimum atomic E-state index is -0.292. The van der Waals surface area contributed by atoms with E-state index in [-0.39, 0.29) is 11.3 Å². The topological polar surface area (TPSA) is 62.0 Å². The van der Waals surface area contributed by atoms with E-state index in [1.807, 2.05) is 36.4 Å². The van der Waals surface area contributed by atoms with Crippen molar-refractivity contribution in [2.75, 3.05) is 5.32 Å². The molecule has 0 aliphatic rings. The molecule has 1 heterocycles. The number of nitrogens with one attached hydrogen (secondary N) is 2. The van der Waals surface area contributed by atoms with Crippen molar-refractivity contribution in [3.05, 3.63) is 71.3 Å². The van der Waals surface area contributed by atoms with Gasteiger partial charge in [0.1, 0.15) is 5.82 Å². The maximum atomic E-state index is 12.2. The van der Waals surface area contributed by atoms with Gasteiger partial charge in [0, 0.05) is 17.0 Å². The molecule has 3 aromatic rings. The molecule has 0 saturated heterocycles. The van der Waals surface area contributed by atoms with Crippen LogP contribution >= 0.6 is 0 Å². The van der Waals surface area contributed by atoms with Gasteiger partial charge in [0.05, 0.1) is 5.56 Å². The molecule has 0 unspecified atom stereocenters. The van der Waals surface area contributed by atoms with E-state index < -0.39 is 0 Å². The minimum Gasteiger partial charge on any atom is -0.341 e. The maximum absolute atomic E-state index is 12.2. The Labute approximate surface area is 152 Å². The Hall–Kier alpha value is -3.14. The lowest BCUT2D eigenvalue weighted by atomic mass is 9.87. The Kier molecular flexibility index (Phi) is 4.76. The molecule has 0 atom stereocenters. The highest BCUT2D eigenvalue weighted by atomic mass is 16.1. The summed E-state index contributed by atoms with van der Waals surface area (Å²) in [5.74, 6) is 0.124. The van der Waals surface area contributed by atoms with Crippen molar-refractivity contribution in [2.24, 2.45) is 0 Å². The van der Waals surface area contributed by atoms with Crippen LogP contribution in [0.2, 0.25) is 0 Å². The first-order chi connectivity index (χ1) is 12.4. The summed E-state index contributed by atoms with van der Waals surface area (Å²) in [5, 5.41) is 3.54. The average molecular weight is 346 g/mol. The molecule has 132 valence electrons. The fraction of sp³-hybridized carbons (Fsp3) is 0.182. The zero-order chi connectivity index (χ0) is 18.7. The fourth-order valence-corrected chi connectivity index (χ4v) is 2.82. The van der Waals surface area contributed by atoms with Gasteiger partial charge in [-0.15, -0.1) is 0 Å². The van der Waals surface area contributed by atoms with E-state index in [1.54, 1.807) is 6.08 Å². The first-order valence-corrected chi connectivity index (χ1v) is 8.54. The molecule has 1 aromatic heterocycles. The quantitative estimate of drug-likeness (QED) is 0.520. The highest BCUT2D eigenvalue weighted by Gasteiger charge is 2.13. The van der Waals surface area contributed by atoms with Crippen LogP contribution in [-0.4, -0.2) is 17.2 Å². The number of benzene rings is 2. The third kappa shape index (κ3) is 3.75. The van der Waals surface area contributed by atoms with Crippen molar-refractivity contribution in [3.63, 3.8) is 0 Å². The summed E-state index contributed by atoms with van der Waals surface area (Å²) in [6.45, 7) is 6.49. The molecule has 4 nitrogen and oxygen atoms in total. The number of hydrogen-bond donors (Lipinski definition) is 2. The van der Waals surface area contributed by atoms with E-state index in [4.69, 9.17) is 0 Å². The molecule has 4 heteroatoms. The smallest absolute Gasteiger partial charge is 0.249 e. The number of hydrogen-bond acceptors (Lipinski definition) is 2. The van der Waals surface area contributed by atoms with Gasteiger partial charge < -0.3 is 10.3 Å². The lowest BCUT2D eigenvalue weighted by Crippen LogP contribution is -2.10. The Morgan fingerprint density at radius 1 is 1.04 bits per heavy atom. The van der Waals surface area contributed by atoms with Crippen LogP contribution < -0.4 is 5.32 Å². The summed E-state index contributed by atoms with van der Waals surface area (Å²) in [4.78, 5) is 26.7. The van der Waals surface area contributed by atoms with Gasteiger partial charge >= 0.3 is 0 Å². The highest BCUT2D eigenvalue weighted by molar-refractivity contribution is 6.09. The van der Waals surface area contributed by atoms with Crippen LogP contribution in [0.3, 0.4) is 0 Å². The Morgan fingerprint density at radius 3 is 2.38 bits per heavy atom. The van der Waals surface area contributed by atoms with Crippen LogP contribution in [0.25, 0.3) is 17.0 Å². The predicted molar refractivity (Wildman–Crippen MR) is 106 cm³/mol. The van der Waals surface area contributed by atoms with Crippen molar-refractivity contribution in [2.45, 2.75) is 26.2 Å². The van der Waals surface area contributed by atoms with Crippen LogP contribution in [0.15, 0.2) is 54.6 Å². The zero-order valence-corrected chi connectivity index (χ0v) is 15.2. The van der Waals surface area contributed by atoms with Crippen LogP contribution in [0, 0.1) is 0 Å². The number of aromatic nitrogens is 1. The number of carbonyl (C=O) groups is 2. The summed E-state index contributed by atoms with van der Waals surface area (Å²) in [6.07, 6.45) is 3.97. The van der Waals surface area contributed by atoms with Gasteiger partial charge in [0.2, 0.25) is 5.91 Å². The maximum Gasteiger partial charge on any atom is 0.249 e. The second kappa shape index (κ2) is 7.00. The molecular formula is C22H22N2O2. The van der Waals surface area contributed by atoms with Gasteiger partial charge in [0.25, 0.3) is 0 Å². The van der Waals surface area contributed by atoms with Gasteiger partial charge in [-0.25, -0.2) is 0 Å². The Bertz CT molecular complexity index is 974. The van der Waals surface area contributed by atoms with Crippen molar-refractivity contribution in [1.29, 1.82) is 0 Å². The highest BCUT2D eigenvalue weighted by Crippen LogP contribution is 2.25. The molecule has 26 heavy (non-hydrogen) atoms. The molecule has 0 spiro atoms. The first-order valence-electron chi connectivity index (χ1n) is 8.54. The van der Waals surface area contributed by atoms with E-state index >= 15 is 0 Å². The molecular weight excluding hydrogens is 324 g/mol. The number of rotatable bonds is 4. The SMILES string of the molecule is CC(C)(C)c1ccc(/C=C/C(=O)Nc2[nH]c3ccccc3c2C=O)cc1. The molecule has 0 radical (unpaired) electrons. The average Bonchev–Trinajstić information content (AvgIpc) is 2.96. The van der Waals surface area contributed by atoms with Crippen molar-refractivity contribution >= 4 is 35.0 Å². The third-order valence-corrected chi connectivity index (χ3v) is 4.32. The number of amides is 1. The van der Waals surface area contributed by atoms with Crippen molar-refractivity contribution in [3.8, 4) is 0 Å². The molecule has 1 amide bonds. The third-order valence-electron chi connectivity index (χ3n) is 4.32. The molecule has 0 bridgehead atoms. The molecule has 0 aliphatic carbocycles. The second-order valence-corrected chi connectivity index (χ2v) is 7.27. The standard InChI is InChI=1S/C22H22N2O2/c1-22(2,3)16-11-8-15(9-12-16)10-13-20(26)24-21-18(14-25)17-6-4-5-7-19(17)23-21/h4-14,23H,1-3H3,(H,24,26)/b13-10+. The van der Waals surface area contributed by atoms with Crippen LogP contribution in [0.5, 0.6) is 0 Å². The van der Waals surface area contributed by atoms with Gasteiger partial charge in [-0.1, -0.05) is 63.2 Å². The molecule has 3 rings (SSSR count). The summed E-state index contributed by atoms with van der Waals surface area (Å²) in [6, 6.07) is 15.6. The number of para-hydroxylation sites is 1. The number of fused-ring (bicyclic) bond motifs is 1. The number of aromatic amines is 1. The van der Waals surface area contributed by atoms with E-state index in [2.05, 4.69) is 43.2 Å². The lowest BCUT2D eigenvalue weighted by molar-refractivity contribution is -0.111. The lowest BCUT2D eigenvalue weighted by Gasteiger charge is -2.18. The van der Waals surface area contributed by atoms with Gasteiger partial charge in [-0.2, -0.15) is 0 Å². The normalized spacial score (nSPS) is 11.8. The van der Waals surface area contributed by atoms with E-state index in [9.17, 15) is 9.59 Å². The van der Waals surface area contributed by atoms with Crippen molar-refractivity contribution < 1.29 is 9.59 Å². The largest absolute Gasteiger partial charge is 0.341 e. The van der Waals surface area contributed by atoms with Gasteiger partial charge in [-0.3, -0.25) is 9.59 Å². The summed E-state index contributed by atoms with van der Waals surface area (Å²) >= 11 is 0. The molecule has 2 aromatic carbocycles. The molecule has 0 aliphatic heterocycles. The number of carbonyl (C=O) groups excluding carboxylic acids is 2. The molecule has 0 saturated carbocycles. The summed E-state index contributed by atoms with van der Waals surface area (Å²) < 4.78 is 0. The van der Waals surface area contributed by atoms with E-state index in [0.29, 0.717) is 11.4 Å². The fourth-order valence-electron chi connectivity index (χ4n) is 2.82. The Balaban J connectivity index is 1.75. The van der Waals surface area contributed by atoms with E-state index in [0.717, 1.165) is 22.8 Å². The van der Waals surface area contributed by atoms with Gasteiger partial charge in [-0.05, 0) is 28.7 Å². The minimum absolute atomic E-state index is 0.0977. The van der Waals surface area contributed by atoms with Crippen LogP contribution in [0.4, 0.5) is 5.82 Å². The predicted octanol–water partition coefficient (Wildman–Crippen LogP) is 4.93. The monoisotopic (exact) mass is 346 g/mol.